The molecule has 0 spiro atoms. The SMILES string of the molecule is CN1C(=O)[C@@](CCC2CCCCC2)(C[C@H]2CCC[C@@H](CC(=O)c3ccccc3-c3ccccc3)C2)N=C1N. The van der Waals surface area contributed by atoms with Crippen molar-refractivity contribution in [3.8, 4) is 11.1 Å². The van der Waals surface area contributed by atoms with Gasteiger partial charge in [0.25, 0.3) is 5.91 Å². The van der Waals surface area contributed by atoms with E-state index in [0.29, 0.717) is 30.1 Å². The third-order valence-corrected chi connectivity index (χ3v) is 9.37. The van der Waals surface area contributed by atoms with Crippen molar-refractivity contribution in [3.63, 3.8) is 0 Å². The minimum absolute atomic E-state index is 0.0702. The van der Waals surface area contributed by atoms with E-state index in [1.165, 1.54) is 32.1 Å². The summed E-state index contributed by atoms with van der Waals surface area (Å²) in [7, 11) is 1.76. The van der Waals surface area contributed by atoms with Crippen molar-refractivity contribution in [2.75, 3.05) is 7.05 Å². The number of hydrogen-bond donors (Lipinski definition) is 1. The van der Waals surface area contributed by atoms with Crippen LogP contribution >= 0.6 is 0 Å². The van der Waals surface area contributed by atoms with E-state index in [1.807, 2.05) is 42.5 Å². The predicted octanol–water partition coefficient (Wildman–Crippen LogP) is 7.01. The second-order valence-corrected chi connectivity index (χ2v) is 12.1. The molecule has 38 heavy (non-hydrogen) atoms. The van der Waals surface area contributed by atoms with E-state index in [0.717, 1.165) is 61.6 Å². The Balaban J connectivity index is 1.26. The van der Waals surface area contributed by atoms with Crippen molar-refractivity contribution in [1.82, 2.24) is 4.90 Å². The zero-order chi connectivity index (χ0) is 26.5. The number of benzene rings is 2. The molecular formula is C33H43N3O2. The van der Waals surface area contributed by atoms with Gasteiger partial charge in [0.15, 0.2) is 11.7 Å². The van der Waals surface area contributed by atoms with Gasteiger partial charge in [0.05, 0.1) is 0 Å². The normalized spacial score (nSPS) is 26.4. The van der Waals surface area contributed by atoms with E-state index >= 15 is 0 Å². The maximum Gasteiger partial charge on any atom is 0.257 e. The van der Waals surface area contributed by atoms with Crippen LogP contribution in [0.25, 0.3) is 11.1 Å². The first-order valence-electron chi connectivity index (χ1n) is 14.8. The second kappa shape index (κ2) is 11.8. The molecular weight excluding hydrogens is 470 g/mol. The maximum absolute atomic E-state index is 13.5. The summed E-state index contributed by atoms with van der Waals surface area (Å²) in [5.74, 6) is 2.10. The zero-order valence-corrected chi connectivity index (χ0v) is 22.9. The molecule has 2 aliphatic carbocycles. The molecule has 1 aliphatic heterocycles. The highest BCUT2D eigenvalue weighted by atomic mass is 16.2. The van der Waals surface area contributed by atoms with Gasteiger partial charge in [-0.1, -0.05) is 99.5 Å². The van der Waals surface area contributed by atoms with Crippen molar-refractivity contribution in [1.29, 1.82) is 0 Å². The Bertz CT molecular complexity index is 1150. The maximum atomic E-state index is 13.5. The minimum atomic E-state index is -0.716. The number of nitrogens with zero attached hydrogens (tertiary/aromatic N) is 2. The lowest BCUT2D eigenvalue weighted by Gasteiger charge is -2.35. The Morgan fingerprint density at radius 2 is 1.61 bits per heavy atom. The molecule has 202 valence electrons. The molecule has 2 saturated carbocycles. The number of ketones is 1. The first kappa shape index (κ1) is 26.6. The Kier molecular flexibility index (Phi) is 8.30. The molecule has 0 bridgehead atoms. The fourth-order valence-electron chi connectivity index (χ4n) is 7.29. The van der Waals surface area contributed by atoms with Gasteiger partial charge in [-0.15, -0.1) is 0 Å². The van der Waals surface area contributed by atoms with Crippen LogP contribution in [-0.4, -0.2) is 35.1 Å². The first-order chi connectivity index (χ1) is 18.4. The van der Waals surface area contributed by atoms with Crippen LogP contribution in [0.15, 0.2) is 59.6 Å². The molecule has 5 nitrogen and oxygen atoms in total. The molecule has 1 heterocycles. The monoisotopic (exact) mass is 513 g/mol. The molecule has 5 rings (SSSR count). The molecule has 0 unspecified atom stereocenters. The molecule has 3 aliphatic rings. The summed E-state index contributed by atoms with van der Waals surface area (Å²) >= 11 is 0. The lowest BCUT2D eigenvalue weighted by Crippen LogP contribution is -2.44. The quantitative estimate of drug-likeness (QED) is 0.367. The van der Waals surface area contributed by atoms with Gasteiger partial charge in [-0.2, -0.15) is 0 Å². The van der Waals surface area contributed by atoms with Crippen LogP contribution in [0, 0.1) is 17.8 Å². The molecule has 2 fully saturated rings. The second-order valence-electron chi connectivity index (χ2n) is 12.1. The van der Waals surface area contributed by atoms with Gasteiger partial charge in [0, 0.05) is 19.0 Å². The van der Waals surface area contributed by atoms with Gasteiger partial charge in [0.1, 0.15) is 5.54 Å². The summed E-state index contributed by atoms with van der Waals surface area (Å²) in [5, 5.41) is 0. The molecule has 0 radical (unpaired) electrons. The highest BCUT2D eigenvalue weighted by molar-refractivity contribution is 6.06. The van der Waals surface area contributed by atoms with Gasteiger partial charge < -0.3 is 5.73 Å². The topological polar surface area (TPSA) is 75.8 Å². The molecule has 0 saturated heterocycles. The average Bonchev–Trinajstić information content (AvgIpc) is 3.16. The zero-order valence-electron chi connectivity index (χ0n) is 22.9. The van der Waals surface area contributed by atoms with Crippen molar-refractivity contribution in [2.45, 2.75) is 89.0 Å². The standard InChI is InChI=1S/C33H43N3O2/c1-36-31(38)33(35-32(36)34,20-19-24-11-4-2-5-12-24)23-26-14-10-13-25(21-26)22-30(37)29-18-9-8-17-28(29)27-15-6-3-7-16-27/h3,6-9,15-18,24-26H,2,4-5,10-14,19-23H2,1H3,(H2,34,35)/t25-,26+,33-/m1/s1. The first-order valence-corrected chi connectivity index (χ1v) is 14.8. The fraction of sp³-hybridized carbons (Fsp3) is 0.545. The Morgan fingerprint density at radius 1 is 0.921 bits per heavy atom. The summed E-state index contributed by atoms with van der Waals surface area (Å²) in [6, 6.07) is 18.2. The number of carbonyl (C=O) groups is 2. The smallest absolute Gasteiger partial charge is 0.257 e. The highest BCUT2D eigenvalue weighted by Gasteiger charge is 2.48. The van der Waals surface area contributed by atoms with Gasteiger partial charge in [-0.3, -0.25) is 14.5 Å². The molecule has 2 N–H and O–H groups in total. The van der Waals surface area contributed by atoms with Crippen molar-refractivity contribution >= 4 is 17.6 Å². The number of aliphatic imine (C=N–C) groups is 1. The number of amides is 1. The number of guanidine groups is 1. The average molecular weight is 514 g/mol. The number of Topliss-reactive ketones (excluding diaryl/α,β-unsaturated/α-hetero) is 1. The third kappa shape index (κ3) is 5.87. The summed E-state index contributed by atoms with van der Waals surface area (Å²) in [4.78, 5) is 33.4. The van der Waals surface area contributed by atoms with Crippen molar-refractivity contribution in [2.24, 2.45) is 28.5 Å². The van der Waals surface area contributed by atoms with Crippen molar-refractivity contribution in [3.05, 3.63) is 60.2 Å². The van der Waals surface area contributed by atoms with Crippen LogP contribution in [0.3, 0.4) is 0 Å². The minimum Gasteiger partial charge on any atom is -0.369 e. The van der Waals surface area contributed by atoms with E-state index in [4.69, 9.17) is 10.7 Å². The van der Waals surface area contributed by atoms with E-state index < -0.39 is 5.54 Å². The number of hydrogen-bond acceptors (Lipinski definition) is 4. The van der Waals surface area contributed by atoms with E-state index in [-0.39, 0.29) is 11.7 Å². The van der Waals surface area contributed by atoms with Crippen molar-refractivity contribution < 1.29 is 9.59 Å². The van der Waals surface area contributed by atoms with Crippen LogP contribution < -0.4 is 5.73 Å². The van der Waals surface area contributed by atoms with E-state index in [2.05, 4.69) is 12.1 Å². The molecule has 5 heteroatoms. The number of likely N-dealkylation sites (N-methyl/N-ethyl adjacent to an activating group) is 1. The molecule has 2 aromatic carbocycles. The Hall–Kier alpha value is -2.95. The molecule has 2 aromatic rings. The van der Waals surface area contributed by atoms with Crippen LogP contribution in [0.2, 0.25) is 0 Å². The Morgan fingerprint density at radius 3 is 2.34 bits per heavy atom. The van der Waals surface area contributed by atoms with Gasteiger partial charge in [-0.05, 0) is 61.0 Å². The number of rotatable bonds is 9. The van der Waals surface area contributed by atoms with Crippen LogP contribution in [0.4, 0.5) is 0 Å². The fourth-order valence-corrected chi connectivity index (χ4v) is 7.29. The van der Waals surface area contributed by atoms with Gasteiger partial charge in [-0.25, -0.2) is 4.99 Å². The summed E-state index contributed by atoms with van der Waals surface area (Å²) in [6.07, 6.45) is 13.9. The van der Waals surface area contributed by atoms with E-state index in [9.17, 15) is 9.59 Å². The van der Waals surface area contributed by atoms with Gasteiger partial charge in [0.2, 0.25) is 0 Å². The molecule has 0 aromatic heterocycles. The Labute approximate surface area is 227 Å². The van der Waals surface area contributed by atoms with E-state index in [1.54, 1.807) is 11.9 Å². The number of carbonyl (C=O) groups excluding carboxylic acids is 2. The van der Waals surface area contributed by atoms with Gasteiger partial charge >= 0.3 is 0 Å². The lowest BCUT2D eigenvalue weighted by molar-refractivity contribution is -0.131. The largest absolute Gasteiger partial charge is 0.369 e. The van der Waals surface area contributed by atoms with Crippen LogP contribution in [0.5, 0.6) is 0 Å². The lowest BCUT2D eigenvalue weighted by atomic mass is 9.71. The molecule has 3 atom stereocenters. The third-order valence-electron chi connectivity index (χ3n) is 9.37. The van der Waals surface area contributed by atoms with Crippen LogP contribution in [-0.2, 0) is 4.79 Å². The number of nitrogens with two attached hydrogens (primary N) is 1. The summed E-state index contributed by atoms with van der Waals surface area (Å²) < 4.78 is 0. The molecule has 1 amide bonds. The van der Waals surface area contributed by atoms with Crippen LogP contribution in [0.1, 0.15) is 93.8 Å². The summed E-state index contributed by atoms with van der Waals surface area (Å²) in [5.41, 5.74) is 8.38. The predicted molar refractivity (Wildman–Crippen MR) is 154 cm³/mol. The summed E-state index contributed by atoms with van der Waals surface area (Å²) in [6.45, 7) is 0. The highest BCUT2D eigenvalue weighted by Crippen LogP contribution is 2.42.